The van der Waals surface area contributed by atoms with Crippen LogP contribution in [0.25, 0.3) is 0 Å². The minimum atomic E-state index is -0.298. The zero-order valence-electron chi connectivity index (χ0n) is 14.1. The molecule has 128 valence electrons. The summed E-state index contributed by atoms with van der Waals surface area (Å²) >= 11 is 1.52. The van der Waals surface area contributed by atoms with Crippen LogP contribution in [0.1, 0.15) is 50.5 Å². The van der Waals surface area contributed by atoms with E-state index < -0.39 is 0 Å². The highest BCUT2D eigenvalue weighted by Crippen LogP contribution is 2.32. The van der Waals surface area contributed by atoms with Crippen molar-refractivity contribution in [2.45, 2.75) is 46.5 Å². The average Bonchev–Trinajstić information content (AvgIpc) is 3.10. The van der Waals surface area contributed by atoms with Gasteiger partial charge in [-0.25, -0.2) is 0 Å². The minimum Gasteiger partial charge on any atom is -0.361 e. The molecule has 1 aliphatic carbocycles. The average molecular weight is 347 g/mol. The fourth-order valence-corrected chi connectivity index (χ4v) is 4.07. The number of rotatable bonds is 3. The predicted molar refractivity (Wildman–Crippen MR) is 90.8 cm³/mol. The zero-order chi connectivity index (χ0) is 17.3. The Labute approximate surface area is 144 Å². The van der Waals surface area contributed by atoms with Crippen LogP contribution >= 0.6 is 11.3 Å². The summed E-state index contributed by atoms with van der Waals surface area (Å²) < 4.78 is 5.03. The number of aryl methyl sites for hydroxylation is 3. The van der Waals surface area contributed by atoms with Crippen LogP contribution in [0.15, 0.2) is 10.6 Å². The zero-order valence-corrected chi connectivity index (χ0v) is 14.9. The Kier molecular flexibility index (Phi) is 4.71. The number of amides is 2. The lowest BCUT2D eigenvalue weighted by Crippen LogP contribution is -2.42. The molecule has 0 aromatic carbocycles. The van der Waals surface area contributed by atoms with Crippen molar-refractivity contribution in [2.75, 3.05) is 0 Å². The summed E-state index contributed by atoms with van der Waals surface area (Å²) in [6.07, 6.45) is 3.35. The molecule has 3 rings (SSSR count). The summed E-state index contributed by atoms with van der Waals surface area (Å²) in [7, 11) is 0. The number of hydrazine groups is 1. The third kappa shape index (κ3) is 3.51. The molecule has 0 radical (unpaired) electrons. The van der Waals surface area contributed by atoms with Crippen molar-refractivity contribution in [1.29, 1.82) is 0 Å². The first-order valence-corrected chi connectivity index (χ1v) is 8.88. The molecule has 2 heterocycles. The van der Waals surface area contributed by atoms with Gasteiger partial charge < -0.3 is 4.52 Å². The van der Waals surface area contributed by atoms with Gasteiger partial charge in [-0.05, 0) is 50.7 Å². The highest BCUT2D eigenvalue weighted by molar-refractivity contribution is 7.14. The van der Waals surface area contributed by atoms with Crippen LogP contribution in [0, 0.1) is 19.8 Å². The monoisotopic (exact) mass is 347 g/mol. The number of hydrogen-bond acceptors (Lipinski definition) is 5. The molecule has 0 spiro atoms. The number of fused-ring (bicyclic) bond motifs is 1. The summed E-state index contributed by atoms with van der Waals surface area (Å²) in [5, 5.41) is 3.81. The lowest BCUT2D eigenvalue weighted by molar-refractivity contribution is -0.121. The number of thiophene rings is 1. The van der Waals surface area contributed by atoms with Crippen molar-refractivity contribution >= 4 is 23.2 Å². The molecular formula is C17H21N3O3S. The van der Waals surface area contributed by atoms with Crippen molar-refractivity contribution in [3.05, 3.63) is 38.4 Å². The van der Waals surface area contributed by atoms with E-state index >= 15 is 0 Å². The van der Waals surface area contributed by atoms with Crippen LogP contribution in [0.4, 0.5) is 0 Å². The Morgan fingerprint density at radius 2 is 2.17 bits per heavy atom. The molecular weight excluding hydrogens is 326 g/mol. The van der Waals surface area contributed by atoms with Gasteiger partial charge in [-0.1, -0.05) is 12.1 Å². The molecule has 1 atom stereocenters. The van der Waals surface area contributed by atoms with Crippen LogP contribution in [-0.4, -0.2) is 17.0 Å². The van der Waals surface area contributed by atoms with E-state index in [0.717, 1.165) is 18.4 Å². The summed E-state index contributed by atoms with van der Waals surface area (Å²) in [5.74, 6) is 0.716. The van der Waals surface area contributed by atoms with Gasteiger partial charge >= 0.3 is 0 Å². The summed E-state index contributed by atoms with van der Waals surface area (Å²) in [5.41, 5.74) is 7.66. The lowest BCUT2D eigenvalue weighted by atomic mass is 9.90. The number of hydrogen-bond donors (Lipinski definition) is 2. The van der Waals surface area contributed by atoms with Crippen molar-refractivity contribution in [3.8, 4) is 0 Å². The maximum atomic E-state index is 12.2. The van der Waals surface area contributed by atoms with Gasteiger partial charge in [0.05, 0.1) is 17.0 Å². The Morgan fingerprint density at radius 1 is 1.38 bits per heavy atom. The maximum absolute atomic E-state index is 12.2. The molecule has 6 nitrogen and oxygen atoms in total. The highest BCUT2D eigenvalue weighted by atomic mass is 32.1. The van der Waals surface area contributed by atoms with Gasteiger partial charge in [0, 0.05) is 10.4 Å². The quantitative estimate of drug-likeness (QED) is 0.836. The van der Waals surface area contributed by atoms with Crippen LogP contribution in [0.5, 0.6) is 0 Å². The third-order valence-corrected chi connectivity index (χ3v) is 5.62. The van der Waals surface area contributed by atoms with Gasteiger partial charge in [0.15, 0.2) is 0 Å². The second kappa shape index (κ2) is 6.76. The van der Waals surface area contributed by atoms with E-state index in [0.29, 0.717) is 22.2 Å². The summed E-state index contributed by atoms with van der Waals surface area (Å²) in [4.78, 5) is 26.2. The topological polar surface area (TPSA) is 84.2 Å². The number of carbonyl (C=O) groups excluding carboxylic acids is 2. The predicted octanol–water partition coefficient (Wildman–Crippen LogP) is 2.48. The van der Waals surface area contributed by atoms with Gasteiger partial charge in [0.25, 0.3) is 5.91 Å². The van der Waals surface area contributed by atoms with Crippen molar-refractivity contribution in [1.82, 2.24) is 16.0 Å². The molecule has 7 heteroatoms. The number of nitrogens with zero attached hydrogens (tertiary/aromatic N) is 1. The molecule has 2 aromatic heterocycles. The number of aromatic nitrogens is 1. The lowest BCUT2D eigenvalue weighted by Gasteiger charge is -2.16. The molecule has 0 bridgehead atoms. The smallest absolute Gasteiger partial charge is 0.279 e. The van der Waals surface area contributed by atoms with Gasteiger partial charge in [-0.3, -0.25) is 20.4 Å². The highest BCUT2D eigenvalue weighted by Gasteiger charge is 2.21. The summed E-state index contributed by atoms with van der Waals surface area (Å²) in [6, 6.07) is 1.95. The largest absolute Gasteiger partial charge is 0.361 e. The van der Waals surface area contributed by atoms with Gasteiger partial charge in [-0.2, -0.15) is 0 Å². The Bertz CT molecular complexity index is 759. The van der Waals surface area contributed by atoms with Crippen molar-refractivity contribution < 1.29 is 14.1 Å². The molecule has 2 N–H and O–H groups in total. The van der Waals surface area contributed by atoms with Crippen molar-refractivity contribution in [3.63, 3.8) is 0 Å². The molecule has 0 saturated heterocycles. The molecule has 2 amide bonds. The Hall–Kier alpha value is -2.15. The normalized spacial score (nSPS) is 16.5. The molecule has 2 aromatic rings. The summed E-state index contributed by atoms with van der Waals surface area (Å²) in [6.45, 7) is 5.78. The van der Waals surface area contributed by atoms with E-state index in [-0.39, 0.29) is 18.2 Å². The number of nitrogens with one attached hydrogen (secondary N) is 2. The first-order valence-electron chi connectivity index (χ1n) is 8.06. The van der Waals surface area contributed by atoms with E-state index in [2.05, 4.69) is 22.9 Å². The van der Waals surface area contributed by atoms with E-state index in [1.807, 2.05) is 6.07 Å². The van der Waals surface area contributed by atoms with Gasteiger partial charge in [-0.15, -0.1) is 11.3 Å². The van der Waals surface area contributed by atoms with Crippen LogP contribution < -0.4 is 10.9 Å². The standard InChI is InChI=1S/C17H21N3O3S/c1-9-4-5-14-12(6-9)7-15(24-14)17(22)19-18-16(21)8-13-10(2)20-23-11(13)3/h7,9H,4-6,8H2,1-3H3,(H,18,21)(H,19,22). The first kappa shape index (κ1) is 16.7. The Balaban J connectivity index is 1.57. The van der Waals surface area contributed by atoms with E-state index in [1.54, 1.807) is 13.8 Å². The maximum Gasteiger partial charge on any atom is 0.279 e. The fraction of sp³-hybridized carbons (Fsp3) is 0.471. The van der Waals surface area contributed by atoms with Crippen LogP contribution in [-0.2, 0) is 24.1 Å². The molecule has 24 heavy (non-hydrogen) atoms. The molecule has 1 aliphatic rings. The molecule has 1 unspecified atom stereocenters. The second-order valence-electron chi connectivity index (χ2n) is 6.39. The minimum absolute atomic E-state index is 0.125. The SMILES string of the molecule is Cc1noc(C)c1CC(=O)NNC(=O)c1cc2c(s1)CCC(C)C2. The van der Waals surface area contributed by atoms with Crippen LogP contribution in [0.3, 0.4) is 0 Å². The van der Waals surface area contributed by atoms with E-state index in [4.69, 9.17) is 4.52 Å². The molecule has 0 fully saturated rings. The van der Waals surface area contributed by atoms with Gasteiger partial charge in [0.1, 0.15) is 5.76 Å². The van der Waals surface area contributed by atoms with Crippen LogP contribution in [0.2, 0.25) is 0 Å². The fourth-order valence-electron chi connectivity index (χ4n) is 2.96. The first-order chi connectivity index (χ1) is 11.4. The third-order valence-electron chi connectivity index (χ3n) is 4.39. The van der Waals surface area contributed by atoms with E-state index in [9.17, 15) is 9.59 Å². The second-order valence-corrected chi connectivity index (χ2v) is 7.53. The molecule has 0 saturated carbocycles. The Morgan fingerprint density at radius 3 is 2.88 bits per heavy atom. The van der Waals surface area contributed by atoms with Crippen molar-refractivity contribution in [2.24, 2.45) is 5.92 Å². The number of carbonyl (C=O) groups is 2. The van der Waals surface area contributed by atoms with E-state index in [1.165, 1.54) is 28.2 Å². The van der Waals surface area contributed by atoms with Gasteiger partial charge in [0.2, 0.25) is 5.91 Å². The molecule has 0 aliphatic heterocycles.